The van der Waals surface area contributed by atoms with Gasteiger partial charge >= 0.3 is 12.2 Å². The van der Waals surface area contributed by atoms with E-state index >= 15 is 0 Å². The fourth-order valence-corrected chi connectivity index (χ4v) is 1.88. The zero-order chi connectivity index (χ0) is 18.7. The van der Waals surface area contributed by atoms with Crippen LogP contribution in [0.25, 0.3) is 0 Å². The van der Waals surface area contributed by atoms with Crippen LogP contribution in [0.15, 0.2) is 30.3 Å². The van der Waals surface area contributed by atoms with Crippen molar-refractivity contribution in [2.45, 2.75) is 39.4 Å². The molecule has 138 valence electrons. The molecule has 2 amide bonds. The predicted octanol–water partition coefficient (Wildman–Crippen LogP) is 2.70. The van der Waals surface area contributed by atoms with Crippen molar-refractivity contribution in [3.8, 4) is 0 Å². The van der Waals surface area contributed by atoms with Crippen LogP contribution in [0.3, 0.4) is 0 Å². The second-order valence-electron chi connectivity index (χ2n) is 6.22. The van der Waals surface area contributed by atoms with Gasteiger partial charge in [-0.3, -0.25) is 5.32 Å². The van der Waals surface area contributed by atoms with Gasteiger partial charge in [-0.15, -0.1) is 0 Å². The summed E-state index contributed by atoms with van der Waals surface area (Å²) in [5, 5.41) is 8.10. The van der Waals surface area contributed by atoms with Gasteiger partial charge in [-0.2, -0.15) is 0 Å². The summed E-state index contributed by atoms with van der Waals surface area (Å²) in [6.07, 6.45) is -0.453. The summed E-state index contributed by atoms with van der Waals surface area (Å²) in [7, 11) is 0. The molecule has 25 heavy (non-hydrogen) atoms. The van der Waals surface area contributed by atoms with Crippen molar-refractivity contribution in [2.24, 2.45) is 0 Å². The van der Waals surface area contributed by atoms with Gasteiger partial charge in [0, 0.05) is 13.1 Å². The first-order valence-electron chi connectivity index (χ1n) is 7.98. The molecule has 8 heteroatoms. The highest BCUT2D eigenvalue weighted by molar-refractivity contribution is 7.80. The molecule has 0 spiro atoms. The molecule has 0 bridgehead atoms. The fraction of sp³-hybridized carbons (Fsp3) is 0.471. The van der Waals surface area contributed by atoms with E-state index in [1.165, 1.54) is 0 Å². The lowest BCUT2D eigenvalue weighted by Crippen LogP contribution is -2.40. The monoisotopic (exact) mass is 367 g/mol. The van der Waals surface area contributed by atoms with Crippen LogP contribution in [0.5, 0.6) is 0 Å². The van der Waals surface area contributed by atoms with E-state index in [-0.39, 0.29) is 11.7 Å². The van der Waals surface area contributed by atoms with E-state index in [2.05, 4.69) is 16.0 Å². The highest BCUT2D eigenvalue weighted by atomic mass is 32.1. The van der Waals surface area contributed by atoms with Crippen molar-refractivity contribution < 1.29 is 19.1 Å². The fourth-order valence-electron chi connectivity index (χ4n) is 1.69. The van der Waals surface area contributed by atoms with Gasteiger partial charge < -0.3 is 20.1 Å². The number of hydrogen-bond acceptors (Lipinski definition) is 5. The van der Waals surface area contributed by atoms with E-state index in [4.69, 9.17) is 21.7 Å². The van der Waals surface area contributed by atoms with Crippen molar-refractivity contribution in [2.75, 3.05) is 13.1 Å². The molecule has 0 fully saturated rings. The first-order chi connectivity index (χ1) is 11.8. The lowest BCUT2D eigenvalue weighted by molar-refractivity contribution is 0.0527. The Kier molecular flexibility index (Phi) is 8.69. The highest BCUT2D eigenvalue weighted by Crippen LogP contribution is 2.06. The molecule has 7 nitrogen and oxygen atoms in total. The average Bonchev–Trinajstić information content (AvgIpc) is 2.52. The maximum atomic E-state index is 11.6. The summed E-state index contributed by atoms with van der Waals surface area (Å²) in [6.45, 7) is 6.50. The molecule has 3 N–H and O–H groups in total. The third kappa shape index (κ3) is 10.9. The van der Waals surface area contributed by atoms with Crippen LogP contribution < -0.4 is 16.0 Å². The molecule has 1 rings (SSSR count). The number of rotatable bonds is 6. The van der Waals surface area contributed by atoms with Gasteiger partial charge in [0.1, 0.15) is 12.2 Å². The number of carbonyl (C=O) groups excluding carboxylic acids is 2. The van der Waals surface area contributed by atoms with Gasteiger partial charge in [0.25, 0.3) is 0 Å². The summed E-state index contributed by atoms with van der Waals surface area (Å²) in [4.78, 5) is 23.0. The van der Waals surface area contributed by atoms with Gasteiger partial charge in [-0.25, -0.2) is 9.59 Å². The smallest absolute Gasteiger partial charge is 0.413 e. The van der Waals surface area contributed by atoms with Crippen LogP contribution in [-0.2, 0) is 16.1 Å². The zero-order valence-electron chi connectivity index (χ0n) is 14.8. The Morgan fingerprint density at radius 2 is 1.68 bits per heavy atom. The van der Waals surface area contributed by atoms with Gasteiger partial charge in [-0.1, -0.05) is 30.3 Å². The first kappa shape index (κ1) is 20.7. The molecule has 0 aliphatic carbocycles. The molecule has 0 heterocycles. The van der Waals surface area contributed by atoms with E-state index in [0.29, 0.717) is 19.5 Å². The number of thiocarbonyl (C=S) groups is 1. The second-order valence-corrected chi connectivity index (χ2v) is 6.63. The number of nitrogens with one attached hydrogen (secondary N) is 3. The molecule has 0 aliphatic heterocycles. The van der Waals surface area contributed by atoms with Crippen molar-refractivity contribution in [1.82, 2.24) is 16.0 Å². The van der Waals surface area contributed by atoms with Crippen LogP contribution in [0, 0.1) is 0 Å². The molecule has 0 aliphatic rings. The largest absolute Gasteiger partial charge is 0.444 e. The molecule has 0 unspecified atom stereocenters. The summed E-state index contributed by atoms with van der Waals surface area (Å²) in [6, 6.07) is 9.35. The van der Waals surface area contributed by atoms with E-state index in [1.54, 1.807) is 20.8 Å². The Labute approximate surface area is 153 Å². The van der Waals surface area contributed by atoms with Gasteiger partial charge in [0.2, 0.25) is 0 Å². The lowest BCUT2D eigenvalue weighted by atomic mass is 10.2. The molecule has 0 aromatic heterocycles. The summed E-state index contributed by atoms with van der Waals surface area (Å²) >= 11 is 5.00. The maximum Gasteiger partial charge on any atom is 0.413 e. The molecule has 0 saturated carbocycles. The van der Waals surface area contributed by atoms with E-state index in [1.807, 2.05) is 30.3 Å². The molecule has 0 atom stereocenters. The Morgan fingerprint density at radius 1 is 1.04 bits per heavy atom. The maximum absolute atomic E-state index is 11.6. The number of hydrogen-bond donors (Lipinski definition) is 3. The van der Waals surface area contributed by atoms with Crippen molar-refractivity contribution in [1.29, 1.82) is 0 Å². The van der Waals surface area contributed by atoms with Crippen LogP contribution in [-0.4, -0.2) is 36.0 Å². The molecule has 0 saturated heterocycles. The number of ether oxygens (including phenoxy) is 2. The summed E-state index contributed by atoms with van der Waals surface area (Å²) in [5.74, 6) is 0. The topological polar surface area (TPSA) is 88.7 Å². The second kappa shape index (κ2) is 10.5. The summed E-state index contributed by atoms with van der Waals surface area (Å²) in [5.41, 5.74) is 0.373. The Bertz CT molecular complexity index is 573. The minimum absolute atomic E-state index is 0.176. The Hall–Kier alpha value is -2.35. The lowest BCUT2D eigenvalue weighted by Gasteiger charge is -2.19. The Morgan fingerprint density at radius 3 is 2.32 bits per heavy atom. The predicted molar refractivity (Wildman–Crippen MR) is 99.2 cm³/mol. The van der Waals surface area contributed by atoms with Crippen LogP contribution in [0.2, 0.25) is 0 Å². The quantitative estimate of drug-likeness (QED) is 0.529. The molecule has 1 aromatic carbocycles. The normalized spacial score (nSPS) is 10.5. The first-order valence-corrected chi connectivity index (χ1v) is 8.39. The average molecular weight is 367 g/mol. The molecular weight excluding hydrogens is 342 g/mol. The van der Waals surface area contributed by atoms with Crippen molar-refractivity contribution >= 4 is 29.5 Å². The SMILES string of the molecule is CC(C)(C)OC(=O)NCCCNC(=S)NC(=O)OCc1ccccc1. The van der Waals surface area contributed by atoms with E-state index in [0.717, 1.165) is 5.56 Å². The number of amides is 2. The molecular formula is C17H25N3O4S. The van der Waals surface area contributed by atoms with Gasteiger partial charge in [-0.05, 0) is 45.0 Å². The third-order valence-corrected chi connectivity index (χ3v) is 2.98. The number of carbonyl (C=O) groups is 2. The number of benzene rings is 1. The molecule has 0 radical (unpaired) electrons. The van der Waals surface area contributed by atoms with E-state index < -0.39 is 17.8 Å². The standard InChI is InChI=1S/C17H25N3O4S/c1-17(2,3)24-15(21)19-11-7-10-18-14(25)20-16(22)23-12-13-8-5-4-6-9-13/h4-6,8-9H,7,10-12H2,1-3H3,(H,19,21)(H2,18,20,22,25). The minimum Gasteiger partial charge on any atom is -0.444 e. The zero-order valence-corrected chi connectivity index (χ0v) is 15.6. The number of alkyl carbamates (subject to hydrolysis) is 2. The van der Waals surface area contributed by atoms with Crippen LogP contribution in [0.4, 0.5) is 9.59 Å². The van der Waals surface area contributed by atoms with Crippen LogP contribution in [0.1, 0.15) is 32.8 Å². The van der Waals surface area contributed by atoms with E-state index in [9.17, 15) is 9.59 Å². The Balaban J connectivity index is 2.08. The van der Waals surface area contributed by atoms with Gasteiger partial charge in [0.05, 0.1) is 0 Å². The third-order valence-electron chi connectivity index (χ3n) is 2.74. The van der Waals surface area contributed by atoms with Gasteiger partial charge in [0.15, 0.2) is 5.11 Å². The van der Waals surface area contributed by atoms with Crippen LogP contribution >= 0.6 is 12.2 Å². The minimum atomic E-state index is -0.617. The van der Waals surface area contributed by atoms with Crippen molar-refractivity contribution in [3.05, 3.63) is 35.9 Å². The summed E-state index contributed by atoms with van der Waals surface area (Å²) < 4.78 is 10.2. The van der Waals surface area contributed by atoms with Crippen molar-refractivity contribution in [3.63, 3.8) is 0 Å². The highest BCUT2D eigenvalue weighted by Gasteiger charge is 2.15. The molecule has 1 aromatic rings.